The normalized spacial score (nSPS) is 9.94. The summed E-state index contributed by atoms with van der Waals surface area (Å²) in [4.78, 5) is 0. The van der Waals surface area contributed by atoms with Gasteiger partial charge in [-0.25, -0.2) is 0 Å². The monoisotopic (exact) mass is 229 g/mol. The number of nitrogens with one attached hydrogen (secondary N) is 1. The summed E-state index contributed by atoms with van der Waals surface area (Å²) in [6.07, 6.45) is 0. The largest absolute Gasteiger partial charge is 0.497 e. The van der Waals surface area contributed by atoms with Gasteiger partial charge in [-0.3, -0.25) is 0 Å². The van der Waals surface area contributed by atoms with Gasteiger partial charge < -0.3 is 21.5 Å². The van der Waals surface area contributed by atoms with Crippen LogP contribution in [-0.2, 0) is 0 Å². The molecule has 0 aliphatic heterocycles. The predicted octanol–water partition coefficient (Wildman–Crippen LogP) is 2.60. The Labute approximate surface area is 100 Å². The standard InChI is InChI=1S/C13H15N3O/c1-17-11-4-2-3-9(7-11)16-10-5-6-12(14)13(15)8-10/h2-8,16H,14-15H2,1H3. The first-order valence-corrected chi connectivity index (χ1v) is 5.25. The Morgan fingerprint density at radius 3 is 2.41 bits per heavy atom. The number of ether oxygens (including phenoxy) is 1. The van der Waals surface area contributed by atoms with Crippen molar-refractivity contribution in [1.82, 2.24) is 0 Å². The van der Waals surface area contributed by atoms with Crippen molar-refractivity contribution < 1.29 is 4.74 Å². The third-order valence-electron chi connectivity index (χ3n) is 2.45. The topological polar surface area (TPSA) is 73.3 Å². The first-order valence-electron chi connectivity index (χ1n) is 5.25. The Morgan fingerprint density at radius 1 is 0.941 bits per heavy atom. The van der Waals surface area contributed by atoms with Crippen molar-refractivity contribution >= 4 is 22.7 Å². The Bertz CT molecular complexity index is 526. The molecule has 4 heteroatoms. The number of benzene rings is 2. The van der Waals surface area contributed by atoms with E-state index in [1.165, 1.54) is 0 Å². The second-order valence-electron chi connectivity index (χ2n) is 3.70. The van der Waals surface area contributed by atoms with Gasteiger partial charge in [-0.1, -0.05) is 6.07 Å². The van der Waals surface area contributed by atoms with E-state index in [0.29, 0.717) is 11.4 Å². The highest BCUT2D eigenvalue weighted by molar-refractivity contribution is 5.72. The van der Waals surface area contributed by atoms with E-state index in [9.17, 15) is 0 Å². The Balaban J connectivity index is 2.22. The van der Waals surface area contributed by atoms with Crippen LogP contribution in [0, 0.1) is 0 Å². The summed E-state index contributed by atoms with van der Waals surface area (Å²) in [6.45, 7) is 0. The zero-order valence-electron chi connectivity index (χ0n) is 9.60. The maximum absolute atomic E-state index is 5.74. The van der Waals surface area contributed by atoms with Crippen molar-refractivity contribution in [2.75, 3.05) is 23.9 Å². The molecule has 0 fully saturated rings. The van der Waals surface area contributed by atoms with Gasteiger partial charge in [0.05, 0.1) is 18.5 Å². The second kappa shape index (κ2) is 4.65. The summed E-state index contributed by atoms with van der Waals surface area (Å²) in [6, 6.07) is 13.1. The van der Waals surface area contributed by atoms with Crippen LogP contribution in [0.4, 0.5) is 22.7 Å². The quantitative estimate of drug-likeness (QED) is 0.707. The van der Waals surface area contributed by atoms with E-state index in [4.69, 9.17) is 16.2 Å². The highest BCUT2D eigenvalue weighted by Crippen LogP contribution is 2.24. The molecule has 5 N–H and O–H groups in total. The molecule has 0 saturated carbocycles. The van der Waals surface area contributed by atoms with Gasteiger partial charge in [0.15, 0.2) is 0 Å². The molecule has 88 valence electrons. The Hall–Kier alpha value is -2.36. The van der Waals surface area contributed by atoms with E-state index in [-0.39, 0.29) is 0 Å². The van der Waals surface area contributed by atoms with Crippen molar-refractivity contribution in [2.45, 2.75) is 0 Å². The molecule has 0 heterocycles. The molecule has 0 atom stereocenters. The predicted molar refractivity (Wildman–Crippen MR) is 71.5 cm³/mol. The minimum absolute atomic E-state index is 0.567. The molecule has 0 saturated heterocycles. The molecule has 0 aromatic heterocycles. The number of hydrogen-bond acceptors (Lipinski definition) is 4. The average Bonchev–Trinajstić information content (AvgIpc) is 2.34. The molecule has 17 heavy (non-hydrogen) atoms. The zero-order chi connectivity index (χ0) is 12.3. The first-order chi connectivity index (χ1) is 8.19. The molecule has 0 radical (unpaired) electrons. The van der Waals surface area contributed by atoms with Gasteiger partial charge in [0, 0.05) is 17.4 Å². The van der Waals surface area contributed by atoms with Gasteiger partial charge in [-0.2, -0.15) is 0 Å². The lowest BCUT2D eigenvalue weighted by atomic mass is 10.2. The fourth-order valence-corrected chi connectivity index (χ4v) is 1.52. The van der Waals surface area contributed by atoms with E-state index in [2.05, 4.69) is 5.32 Å². The molecular weight excluding hydrogens is 214 g/mol. The first kappa shape index (κ1) is 11.1. The van der Waals surface area contributed by atoms with E-state index < -0.39 is 0 Å². The van der Waals surface area contributed by atoms with Crippen LogP contribution in [-0.4, -0.2) is 7.11 Å². The van der Waals surface area contributed by atoms with E-state index in [1.54, 1.807) is 19.2 Å². The number of methoxy groups -OCH3 is 1. The second-order valence-corrected chi connectivity index (χ2v) is 3.70. The van der Waals surface area contributed by atoms with E-state index in [1.807, 2.05) is 30.3 Å². The van der Waals surface area contributed by atoms with Crippen LogP contribution >= 0.6 is 0 Å². The van der Waals surface area contributed by atoms with Gasteiger partial charge in [0.25, 0.3) is 0 Å². The van der Waals surface area contributed by atoms with Gasteiger partial charge in [-0.15, -0.1) is 0 Å². The van der Waals surface area contributed by atoms with Crippen molar-refractivity contribution in [3.8, 4) is 5.75 Å². The van der Waals surface area contributed by atoms with E-state index >= 15 is 0 Å². The molecule has 2 aromatic carbocycles. The van der Waals surface area contributed by atoms with Crippen molar-refractivity contribution in [3.63, 3.8) is 0 Å². The summed E-state index contributed by atoms with van der Waals surface area (Å²) >= 11 is 0. The van der Waals surface area contributed by atoms with Crippen LogP contribution in [0.25, 0.3) is 0 Å². The minimum atomic E-state index is 0.567. The summed E-state index contributed by atoms with van der Waals surface area (Å²) < 4.78 is 5.15. The maximum Gasteiger partial charge on any atom is 0.120 e. The summed E-state index contributed by atoms with van der Waals surface area (Å²) in [5.74, 6) is 0.804. The third-order valence-corrected chi connectivity index (χ3v) is 2.45. The van der Waals surface area contributed by atoms with Crippen LogP contribution in [0.15, 0.2) is 42.5 Å². The highest BCUT2D eigenvalue weighted by Gasteiger charge is 1.99. The van der Waals surface area contributed by atoms with Gasteiger partial charge in [-0.05, 0) is 30.3 Å². The van der Waals surface area contributed by atoms with Crippen molar-refractivity contribution in [1.29, 1.82) is 0 Å². The lowest BCUT2D eigenvalue weighted by Gasteiger charge is -2.09. The average molecular weight is 229 g/mol. The highest BCUT2D eigenvalue weighted by atomic mass is 16.5. The van der Waals surface area contributed by atoms with Crippen LogP contribution in [0.2, 0.25) is 0 Å². The van der Waals surface area contributed by atoms with E-state index in [0.717, 1.165) is 17.1 Å². The zero-order valence-corrected chi connectivity index (χ0v) is 9.60. The molecule has 4 nitrogen and oxygen atoms in total. The number of rotatable bonds is 3. The van der Waals surface area contributed by atoms with Crippen LogP contribution in [0.3, 0.4) is 0 Å². The molecule has 0 bridgehead atoms. The number of hydrogen-bond donors (Lipinski definition) is 3. The maximum atomic E-state index is 5.74. The molecular formula is C13H15N3O. The van der Waals surface area contributed by atoms with Gasteiger partial charge in [0.1, 0.15) is 5.75 Å². The Morgan fingerprint density at radius 2 is 1.71 bits per heavy atom. The molecule has 2 rings (SSSR count). The number of nitrogen functional groups attached to an aromatic ring is 2. The van der Waals surface area contributed by atoms with Crippen LogP contribution in [0.5, 0.6) is 5.75 Å². The lowest BCUT2D eigenvalue weighted by Crippen LogP contribution is -1.97. The van der Waals surface area contributed by atoms with Crippen molar-refractivity contribution in [3.05, 3.63) is 42.5 Å². The summed E-state index contributed by atoms with van der Waals surface area (Å²) in [5, 5.41) is 3.23. The molecule has 0 unspecified atom stereocenters. The van der Waals surface area contributed by atoms with Crippen LogP contribution < -0.4 is 21.5 Å². The smallest absolute Gasteiger partial charge is 0.120 e. The minimum Gasteiger partial charge on any atom is -0.497 e. The summed E-state index contributed by atoms with van der Waals surface area (Å²) in [7, 11) is 1.64. The molecule has 0 spiro atoms. The lowest BCUT2D eigenvalue weighted by molar-refractivity contribution is 0.415. The van der Waals surface area contributed by atoms with Crippen molar-refractivity contribution in [2.24, 2.45) is 0 Å². The molecule has 0 amide bonds. The third kappa shape index (κ3) is 2.60. The number of nitrogens with two attached hydrogens (primary N) is 2. The van der Waals surface area contributed by atoms with Crippen LogP contribution in [0.1, 0.15) is 0 Å². The Kier molecular flexibility index (Phi) is 3.05. The molecule has 2 aromatic rings. The van der Waals surface area contributed by atoms with Gasteiger partial charge >= 0.3 is 0 Å². The van der Waals surface area contributed by atoms with Gasteiger partial charge in [0.2, 0.25) is 0 Å². The fraction of sp³-hybridized carbons (Fsp3) is 0.0769. The SMILES string of the molecule is COc1cccc(Nc2ccc(N)c(N)c2)c1. The number of anilines is 4. The summed E-state index contributed by atoms with van der Waals surface area (Å²) in [5.41, 5.74) is 14.4. The fourth-order valence-electron chi connectivity index (χ4n) is 1.52. The molecule has 0 aliphatic carbocycles. The molecule has 0 aliphatic rings.